The molecule has 6 nitrogen and oxygen atoms in total. The number of carbonyl (C=O) groups excluding carboxylic acids is 1. The first kappa shape index (κ1) is 27.8. The molecule has 0 spiro atoms. The van der Waals surface area contributed by atoms with Gasteiger partial charge < -0.3 is 14.7 Å². The van der Waals surface area contributed by atoms with Crippen molar-refractivity contribution in [2.24, 2.45) is 0 Å². The van der Waals surface area contributed by atoms with Gasteiger partial charge in [0.25, 0.3) is 0 Å². The normalized spacial score (nSPS) is 15.0. The lowest BCUT2D eigenvalue weighted by Crippen LogP contribution is -2.42. The van der Waals surface area contributed by atoms with E-state index in [9.17, 15) is 18.0 Å². The molecule has 1 aromatic carbocycles. The van der Waals surface area contributed by atoms with Gasteiger partial charge in [-0.3, -0.25) is 4.98 Å². The van der Waals surface area contributed by atoms with E-state index in [0.717, 1.165) is 38.8 Å². The Balaban J connectivity index is 0.000000509. The molecule has 34 heavy (non-hydrogen) atoms. The molecule has 0 saturated carbocycles. The van der Waals surface area contributed by atoms with E-state index in [4.69, 9.17) is 14.6 Å². The molecule has 1 aliphatic rings. The number of thioether (sulfide) groups is 1. The van der Waals surface area contributed by atoms with Crippen LogP contribution < -0.4 is 0 Å². The van der Waals surface area contributed by atoms with Crippen LogP contribution in [0.5, 0.6) is 0 Å². The fourth-order valence-electron chi connectivity index (χ4n) is 3.40. The number of nitrogens with zero attached hydrogens (tertiary/aromatic N) is 2. The predicted octanol–water partition coefficient (Wildman–Crippen LogP) is 6.31. The first-order valence-corrected chi connectivity index (χ1v) is 12.0. The molecule has 0 aliphatic carbocycles. The standard InChI is InChI=1S/C22H30N2O2S.C2HF3O2/c1-5-6-17-13-18-15-23-10-7-16(18)14-20(17)27-19-8-11-24(12-9-19)21(25)26-22(2,3)4;3-2(4,5)1(6)7/h7,10,13-15,19H,5-6,8-9,11-12H2,1-4H3;(H,6,7). The molecule has 0 radical (unpaired) electrons. The molecule has 1 saturated heterocycles. The minimum absolute atomic E-state index is 0.184. The van der Waals surface area contributed by atoms with Gasteiger partial charge in [0, 0.05) is 41.0 Å². The third-order valence-electron chi connectivity index (χ3n) is 4.97. The summed E-state index contributed by atoms with van der Waals surface area (Å²) < 4.78 is 37.2. The fraction of sp³-hybridized carbons (Fsp3) is 0.542. The number of piperidine rings is 1. The molecule has 1 aliphatic heterocycles. The van der Waals surface area contributed by atoms with E-state index in [1.807, 2.05) is 49.8 Å². The summed E-state index contributed by atoms with van der Waals surface area (Å²) in [5.41, 5.74) is 0.982. The number of alkyl halides is 3. The largest absolute Gasteiger partial charge is 0.490 e. The van der Waals surface area contributed by atoms with Crippen molar-refractivity contribution in [1.82, 2.24) is 9.88 Å². The molecular weight excluding hydrogens is 469 g/mol. The van der Waals surface area contributed by atoms with Crippen LogP contribution in [0.3, 0.4) is 0 Å². The van der Waals surface area contributed by atoms with Gasteiger partial charge in [0.05, 0.1) is 0 Å². The van der Waals surface area contributed by atoms with Crippen LogP contribution in [0.25, 0.3) is 10.8 Å². The number of fused-ring (bicyclic) bond motifs is 1. The second-order valence-electron chi connectivity index (χ2n) is 9.02. The van der Waals surface area contributed by atoms with Crippen molar-refractivity contribution in [3.63, 3.8) is 0 Å². The first-order chi connectivity index (χ1) is 15.8. The first-order valence-electron chi connectivity index (χ1n) is 11.1. The van der Waals surface area contributed by atoms with Crippen LogP contribution in [-0.4, -0.2) is 57.2 Å². The molecule has 2 aromatic rings. The highest BCUT2D eigenvalue weighted by Crippen LogP contribution is 2.35. The minimum Gasteiger partial charge on any atom is -0.475 e. The van der Waals surface area contributed by atoms with Crippen LogP contribution in [0, 0.1) is 0 Å². The molecule has 1 fully saturated rings. The van der Waals surface area contributed by atoms with Gasteiger partial charge in [-0.05, 0) is 69.2 Å². The SMILES string of the molecule is CCCc1cc2cnccc2cc1SC1CCN(C(=O)OC(C)(C)C)CC1.O=C(O)C(F)(F)F. The highest BCUT2D eigenvalue weighted by atomic mass is 32.2. The molecule has 1 amide bonds. The number of amides is 1. The molecule has 1 N–H and O–H groups in total. The maximum absolute atomic E-state index is 12.3. The van der Waals surface area contributed by atoms with Crippen molar-refractivity contribution in [3.05, 3.63) is 36.2 Å². The number of carboxylic acids is 1. The number of aryl methyl sites for hydroxylation is 1. The lowest BCUT2D eigenvalue weighted by molar-refractivity contribution is -0.192. The summed E-state index contributed by atoms with van der Waals surface area (Å²) >= 11 is 1.97. The van der Waals surface area contributed by atoms with Crippen molar-refractivity contribution in [3.8, 4) is 0 Å². The smallest absolute Gasteiger partial charge is 0.475 e. The monoisotopic (exact) mass is 500 g/mol. The van der Waals surface area contributed by atoms with E-state index in [1.54, 1.807) is 0 Å². The Bertz CT molecular complexity index is 984. The maximum Gasteiger partial charge on any atom is 0.490 e. The molecule has 188 valence electrons. The molecule has 0 bridgehead atoms. The molecule has 0 unspecified atom stereocenters. The van der Waals surface area contributed by atoms with Crippen LogP contribution in [0.1, 0.15) is 52.5 Å². The van der Waals surface area contributed by atoms with Gasteiger partial charge in [-0.2, -0.15) is 13.2 Å². The predicted molar refractivity (Wildman–Crippen MR) is 126 cm³/mol. The minimum atomic E-state index is -5.08. The number of aromatic nitrogens is 1. The third-order valence-corrected chi connectivity index (χ3v) is 6.41. The third kappa shape index (κ3) is 8.70. The van der Waals surface area contributed by atoms with Crippen LogP contribution in [0.15, 0.2) is 35.5 Å². The zero-order valence-corrected chi connectivity index (χ0v) is 20.6. The number of likely N-dealkylation sites (tertiary alicyclic amines) is 1. The Kier molecular flexibility index (Phi) is 9.61. The summed E-state index contributed by atoms with van der Waals surface area (Å²) in [6.07, 6.45) is 2.77. The van der Waals surface area contributed by atoms with Gasteiger partial charge in [0.1, 0.15) is 5.60 Å². The average molecular weight is 501 g/mol. The number of carbonyl (C=O) groups is 2. The number of carboxylic acid groups (broad SMARTS) is 1. The number of halogens is 3. The number of hydrogen-bond donors (Lipinski definition) is 1. The van der Waals surface area contributed by atoms with Crippen LogP contribution in [0.4, 0.5) is 18.0 Å². The summed E-state index contributed by atoms with van der Waals surface area (Å²) in [4.78, 5) is 28.6. The second-order valence-corrected chi connectivity index (χ2v) is 10.4. The number of rotatable bonds is 4. The van der Waals surface area contributed by atoms with Gasteiger partial charge in [-0.15, -0.1) is 11.8 Å². The summed E-state index contributed by atoms with van der Waals surface area (Å²) in [5.74, 6) is -2.76. The Morgan fingerprint density at radius 3 is 2.32 bits per heavy atom. The summed E-state index contributed by atoms with van der Waals surface area (Å²) in [6.45, 7) is 9.51. The quantitative estimate of drug-likeness (QED) is 0.530. The van der Waals surface area contributed by atoms with Crippen molar-refractivity contribution < 1.29 is 32.6 Å². The van der Waals surface area contributed by atoms with Crippen molar-refractivity contribution >= 4 is 34.6 Å². The van der Waals surface area contributed by atoms with Crippen LogP contribution >= 0.6 is 11.8 Å². The lowest BCUT2D eigenvalue weighted by atomic mass is 10.1. The van der Waals surface area contributed by atoms with Gasteiger partial charge in [0.15, 0.2) is 0 Å². The summed E-state index contributed by atoms with van der Waals surface area (Å²) in [7, 11) is 0. The number of benzene rings is 1. The van der Waals surface area contributed by atoms with Crippen molar-refractivity contribution in [2.75, 3.05) is 13.1 Å². The van der Waals surface area contributed by atoms with Gasteiger partial charge in [-0.25, -0.2) is 9.59 Å². The zero-order chi connectivity index (χ0) is 25.5. The summed E-state index contributed by atoms with van der Waals surface area (Å²) in [6, 6.07) is 6.69. The maximum atomic E-state index is 12.3. The van der Waals surface area contributed by atoms with E-state index in [0.29, 0.717) is 5.25 Å². The molecule has 10 heteroatoms. The van der Waals surface area contributed by atoms with Crippen LogP contribution in [0.2, 0.25) is 0 Å². The Morgan fingerprint density at radius 1 is 1.18 bits per heavy atom. The summed E-state index contributed by atoms with van der Waals surface area (Å²) in [5, 5.41) is 10.1. The second kappa shape index (κ2) is 11.8. The number of hydrogen-bond acceptors (Lipinski definition) is 5. The van der Waals surface area contributed by atoms with Crippen molar-refractivity contribution in [2.45, 2.75) is 75.3 Å². The van der Waals surface area contributed by atoms with E-state index >= 15 is 0 Å². The van der Waals surface area contributed by atoms with Gasteiger partial charge in [-0.1, -0.05) is 13.3 Å². The molecular formula is C24H31F3N2O4S. The number of ether oxygens (including phenoxy) is 1. The van der Waals surface area contributed by atoms with Crippen molar-refractivity contribution in [1.29, 1.82) is 0 Å². The Labute approximate surface area is 201 Å². The molecule has 0 atom stereocenters. The highest BCUT2D eigenvalue weighted by Gasteiger charge is 2.38. The topological polar surface area (TPSA) is 79.7 Å². The van der Waals surface area contributed by atoms with E-state index in [1.165, 1.54) is 21.2 Å². The Hall–Kier alpha value is -2.49. The fourth-order valence-corrected chi connectivity index (χ4v) is 4.71. The van der Waals surface area contributed by atoms with Crippen LogP contribution in [-0.2, 0) is 16.0 Å². The molecule has 1 aromatic heterocycles. The molecule has 2 heterocycles. The van der Waals surface area contributed by atoms with Gasteiger partial charge >= 0.3 is 18.2 Å². The average Bonchev–Trinajstić information content (AvgIpc) is 2.73. The zero-order valence-electron chi connectivity index (χ0n) is 19.8. The highest BCUT2D eigenvalue weighted by molar-refractivity contribution is 8.00. The lowest BCUT2D eigenvalue weighted by Gasteiger charge is -2.33. The number of pyridine rings is 1. The molecule has 3 rings (SSSR count). The van der Waals surface area contributed by atoms with E-state index in [-0.39, 0.29) is 6.09 Å². The number of aliphatic carboxylic acids is 1. The Morgan fingerprint density at radius 2 is 1.79 bits per heavy atom. The van der Waals surface area contributed by atoms with Gasteiger partial charge in [0.2, 0.25) is 0 Å². The van der Waals surface area contributed by atoms with E-state index in [2.05, 4.69) is 30.1 Å². The van der Waals surface area contributed by atoms with E-state index < -0.39 is 17.7 Å².